The molecule has 1 aromatic rings. The molecule has 1 aliphatic rings. The molecule has 1 saturated carbocycles. The summed E-state index contributed by atoms with van der Waals surface area (Å²) in [6.07, 6.45) is 8.52. The lowest BCUT2D eigenvalue weighted by atomic mass is 9.93. The van der Waals surface area contributed by atoms with E-state index in [4.69, 9.17) is 0 Å². The Morgan fingerprint density at radius 1 is 1.62 bits per heavy atom. The first-order chi connectivity index (χ1) is 6.33. The number of allylic oxidation sites excluding steroid dienone is 1. The van der Waals surface area contributed by atoms with E-state index in [1.54, 1.807) is 17.2 Å². The van der Waals surface area contributed by atoms with Crippen LogP contribution < -0.4 is 5.69 Å². The van der Waals surface area contributed by atoms with Crippen molar-refractivity contribution in [3.05, 3.63) is 22.9 Å². The van der Waals surface area contributed by atoms with Crippen molar-refractivity contribution in [3.63, 3.8) is 0 Å². The molecule has 13 heavy (non-hydrogen) atoms. The summed E-state index contributed by atoms with van der Waals surface area (Å²) in [6.45, 7) is 1.88. The van der Waals surface area contributed by atoms with Crippen molar-refractivity contribution in [2.75, 3.05) is 0 Å². The summed E-state index contributed by atoms with van der Waals surface area (Å²) in [7, 11) is 0. The normalized spacial score (nSPS) is 17.9. The van der Waals surface area contributed by atoms with Crippen LogP contribution in [0.1, 0.15) is 32.2 Å². The van der Waals surface area contributed by atoms with E-state index < -0.39 is 0 Å². The molecule has 4 nitrogen and oxygen atoms in total. The molecule has 0 N–H and O–H groups in total. The third-order valence-electron chi connectivity index (χ3n) is 2.45. The Balaban J connectivity index is 2.32. The molecular formula is C9H13N3O. The van der Waals surface area contributed by atoms with E-state index in [9.17, 15) is 4.79 Å². The van der Waals surface area contributed by atoms with Crippen LogP contribution in [0.2, 0.25) is 0 Å². The highest BCUT2D eigenvalue weighted by molar-refractivity contribution is 5.18. The van der Waals surface area contributed by atoms with Crippen LogP contribution in [-0.2, 0) is 0 Å². The van der Waals surface area contributed by atoms with Gasteiger partial charge in [-0.2, -0.15) is 5.10 Å². The van der Waals surface area contributed by atoms with Crippen LogP contribution in [0.3, 0.4) is 0 Å². The van der Waals surface area contributed by atoms with Crippen molar-refractivity contribution in [2.24, 2.45) is 0 Å². The zero-order chi connectivity index (χ0) is 9.26. The fraction of sp³-hybridized carbons (Fsp3) is 0.556. The predicted octanol–water partition coefficient (Wildman–Crippen LogP) is 1.26. The highest BCUT2D eigenvalue weighted by atomic mass is 16.2. The Morgan fingerprint density at radius 3 is 2.92 bits per heavy atom. The second-order valence-electron chi connectivity index (χ2n) is 3.33. The maximum atomic E-state index is 11.6. The SMILES string of the molecule is C/C=C/n1cnn(C2CCC2)c1=O. The average molecular weight is 179 g/mol. The van der Waals surface area contributed by atoms with Crippen LogP contribution in [0, 0.1) is 0 Å². The minimum absolute atomic E-state index is 0.0252. The van der Waals surface area contributed by atoms with Gasteiger partial charge in [0, 0.05) is 6.20 Å². The van der Waals surface area contributed by atoms with Gasteiger partial charge in [0.15, 0.2) is 0 Å². The predicted molar refractivity (Wildman–Crippen MR) is 50.4 cm³/mol. The molecule has 0 amide bonds. The van der Waals surface area contributed by atoms with Gasteiger partial charge in [0.05, 0.1) is 6.04 Å². The van der Waals surface area contributed by atoms with Crippen LogP contribution in [0.25, 0.3) is 6.20 Å². The molecule has 0 spiro atoms. The van der Waals surface area contributed by atoms with E-state index in [2.05, 4.69) is 5.10 Å². The Hall–Kier alpha value is -1.32. The summed E-state index contributed by atoms with van der Waals surface area (Å²) in [5.74, 6) is 0. The van der Waals surface area contributed by atoms with Gasteiger partial charge >= 0.3 is 5.69 Å². The Kier molecular flexibility index (Phi) is 2.04. The topological polar surface area (TPSA) is 39.8 Å². The van der Waals surface area contributed by atoms with Crippen LogP contribution >= 0.6 is 0 Å². The van der Waals surface area contributed by atoms with Crippen molar-refractivity contribution in [1.29, 1.82) is 0 Å². The molecule has 0 atom stereocenters. The second-order valence-corrected chi connectivity index (χ2v) is 3.33. The summed E-state index contributed by atoms with van der Waals surface area (Å²) in [4.78, 5) is 11.6. The molecule has 2 rings (SSSR count). The lowest BCUT2D eigenvalue weighted by Crippen LogP contribution is -2.30. The van der Waals surface area contributed by atoms with Crippen LogP contribution in [-0.4, -0.2) is 14.3 Å². The van der Waals surface area contributed by atoms with Gasteiger partial charge < -0.3 is 0 Å². The highest BCUT2D eigenvalue weighted by Crippen LogP contribution is 2.29. The maximum Gasteiger partial charge on any atom is 0.350 e. The number of aromatic nitrogens is 3. The third-order valence-corrected chi connectivity index (χ3v) is 2.45. The summed E-state index contributed by atoms with van der Waals surface area (Å²) in [5.41, 5.74) is -0.0252. The van der Waals surface area contributed by atoms with Crippen LogP contribution in [0.4, 0.5) is 0 Å². The standard InChI is InChI=1S/C9H13N3O/c1-2-6-11-7-10-12(9(11)13)8-4-3-5-8/h2,6-8H,3-5H2,1H3/b6-2+. The molecule has 1 aliphatic carbocycles. The number of hydrogen-bond donors (Lipinski definition) is 0. The van der Waals surface area contributed by atoms with E-state index in [0.29, 0.717) is 6.04 Å². The molecule has 0 unspecified atom stereocenters. The van der Waals surface area contributed by atoms with Gasteiger partial charge in [-0.1, -0.05) is 6.08 Å². The fourth-order valence-electron chi connectivity index (χ4n) is 1.47. The van der Waals surface area contributed by atoms with Crippen molar-refractivity contribution in [3.8, 4) is 0 Å². The van der Waals surface area contributed by atoms with Crippen LogP contribution in [0.15, 0.2) is 17.2 Å². The molecule has 1 aromatic heterocycles. The smallest absolute Gasteiger partial charge is 0.257 e. The lowest BCUT2D eigenvalue weighted by Gasteiger charge is -2.24. The van der Waals surface area contributed by atoms with Crippen molar-refractivity contribution in [2.45, 2.75) is 32.2 Å². The molecule has 0 radical (unpaired) electrons. The molecule has 1 heterocycles. The summed E-state index contributed by atoms with van der Waals surface area (Å²) in [5, 5.41) is 4.07. The van der Waals surface area contributed by atoms with E-state index in [-0.39, 0.29) is 5.69 Å². The first-order valence-electron chi connectivity index (χ1n) is 4.61. The Bertz CT molecular complexity index is 370. The molecule has 0 bridgehead atoms. The monoisotopic (exact) mass is 179 g/mol. The van der Waals surface area contributed by atoms with Gasteiger partial charge in [-0.3, -0.25) is 4.57 Å². The lowest BCUT2D eigenvalue weighted by molar-refractivity contribution is 0.281. The molecule has 0 saturated heterocycles. The van der Waals surface area contributed by atoms with Gasteiger partial charge in [0.25, 0.3) is 0 Å². The summed E-state index contributed by atoms with van der Waals surface area (Å²) < 4.78 is 3.10. The largest absolute Gasteiger partial charge is 0.350 e. The quantitative estimate of drug-likeness (QED) is 0.685. The zero-order valence-corrected chi connectivity index (χ0v) is 7.68. The minimum atomic E-state index is -0.0252. The van der Waals surface area contributed by atoms with Crippen LogP contribution in [0.5, 0.6) is 0 Å². The van der Waals surface area contributed by atoms with Gasteiger partial charge in [-0.15, -0.1) is 0 Å². The third kappa shape index (κ3) is 1.32. The molecule has 0 aliphatic heterocycles. The number of rotatable bonds is 2. The Morgan fingerprint density at radius 2 is 2.38 bits per heavy atom. The van der Waals surface area contributed by atoms with E-state index in [1.165, 1.54) is 11.0 Å². The average Bonchev–Trinajstić information content (AvgIpc) is 2.34. The molecule has 4 heteroatoms. The maximum absolute atomic E-state index is 11.6. The summed E-state index contributed by atoms with van der Waals surface area (Å²) >= 11 is 0. The molecule has 1 fully saturated rings. The van der Waals surface area contributed by atoms with Gasteiger partial charge in [0.1, 0.15) is 6.33 Å². The van der Waals surface area contributed by atoms with Crippen molar-refractivity contribution < 1.29 is 0 Å². The van der Waals surface area contributed by atoms with Gasteiger partial charge in [0.2, 0.25) is 0 Å². The minimum Gasteiger partial charge on any atom is -0.257 e. The first-order valence-corrected chi connectivity index (χ1v) is 4.61. The molecule has 0 aromatic carbocycles. The van der Waals surface area contributed by atoms with Gasteiger partial charge in [-0.05, 0) is 26.2 Å². The molecular weight excluding hydrogens is 166 g/mol. The number of hydrogen-bond acceptors (Lipinski definition) is 2. The first kappa shape index (κ1) is 8.29. The number of nitrogens with zero attached hydrogens (tertiary/aromatic N) is 3. The zero-order valence-electron chi connectivity index (χ0n) is 7.68. The van der Waals surface area contributed by atoms with E-state index >= 15 is 0 Å². The molecule has 70 valence electrons. The van der Waals surface area contributed by atoms with Crippen molar-refractivity contribution in [1.82, 2.24) is 14.3 Å². The highest BCUT2D eigenvalue weighted by Gasteiger charge is 2.22. The second kappa shape index (κ2) is 3.20. The van der Waals surface area contributed by atoms with E-state index in [0.717, 1.165) is 12.8 Å². The Labute approximate surface area is 76.5 Å². The van der Waals surface area contributed by atoms with Gasteiger partial charge in [-0.25, -0.2) is 9.48 Å². The summed E-state index contributed by atoms with van der Waals surface area (Å²) in [6, 6.07) is 0.346. The van der Waals surface area contributed by atoms with Crippen molar-refractivity contribution >= 4 is 6.20 Å². The van der Waals surface area contributed by atoms with E-state index in [1.807, 2.05) is 13.0 Å². The fourth-order valence-corrected chi connectivity index (χ4v) is 1.47.